The highest BCUT2D eigenvalue weighted by atomic mass is 79.9. The van der Waals surface area contributed by atoms with Gasteiger partial charge in [0.15, 0.2) is 0 Å². The second-order valence-electron chi connectivity index (χ2n) is 11.1. The van der Waals surface area contributed by atoms with E-state index in [1.54, 1.807) is 0 Å². The van der Waals surface area contributed by atoms with E-state index in [9.17, 15) is 0 Å². The van der Waals surface area contributed by atoms with Gasteiger partial charge in [-0.3, -0.25) is 0 Å². The predicted octanol–water partition coefficient (Wildman–Crippen LogP) is 14.7. The fourth-order valence-corrected chi connectivity index (χ4v) is 7.25. The highest BCUT2D eigenvalue weighted by Crippen LogP contribution is 2.40. The Labute approximate surface area is 296 Å². The number of fused-ring (bicyclic) bond motifs is 6. The van der Waals surface area contributed by atoms with E-state index in [4.69, 9.17) is 8.83 Å². The monoisotopic (exact) mass is 750 g/mol. The van der Waals surface area contributed by atoms with Gasteiger partial charge >= 0.3 is 0 Å². The number of rotatable bonds is 3. The van der Waals surface area contributed by atoms with Crippen LogP contribution in [0.4, 0.5) is 0 Å². The summed E-state index contributed by atoms with van der Waals surface area (Å²) in [5.74, 6) is 0. The molecule has 0 unspecified atom stereocenters. The van der Waals surface area contributed by atoms with Crippen LogP contribution in [0.2, 0.25) is 0 Å². The molecule has 0 amide bonds. The fraction of sp³-hybridized carbons (Fsp3) is 0.0455. The molecule has 0 aliphatic carbocycles. The zero-order chi connectivity index (χ0) is 33.0. The van der Waals surface area contributed by atoms with Gasteiger partial charge in [-0.05, 0) is 70.3 Å². The summed E-state index contributed by atoms with van der Waals surface area (Å²) in [6.45, 7) is 4.00. The summed E-state index contributed by atoms with van der Waals surface area (Å²) in [6, 6.07) is 54.3. The van der Waals surface area contributed by atoms with Crippen molar-refractivity contribution in [2.45, 2.75) is 13.8 Å². The lowest BCUT2D eigenvalue weighted by Gasteiger charge is -2.07. The largest absolute Gasteiger partial charge is 0.456 e. The maximum atomic E-state index is 6.23. The van der Waals surface area contributed by atoms with Crippen LogP contribution in [-0.4, -0.2) is 0 Å². The molecule has 0 spiro atoms. The second-order valence-corrected chi connectivity index (χ2v) is 12.8. The molecule has 0 fully saturated rings. The Kier molecular flexibility index (Phi) is 9.29. The van der Waals surface area contributed by atoms with Gasteiger partial charge in [0.2, 0.25) is 0 Å². The molecular formula is C44H32Br2O2. The number of para-hydroxylation sites is 1. The van der Waals surface area contributed by atoms with Gasteiger partial charge in [0.25, 0.3) is 0 Å². The topological polar surface area (TPSA) is 26.3 Å². The Bertz CT molecular complexity index is 2490. The molecule has 0 N–H and O–H groups in total. The molecule has 0 atom stereocenters. The molecule has 234 valence electrons. The predicted molar refractivity (Wildman–Crippen MR) is 210 cm³/mol. The van der Waals surface area contributed by atoms with Gasteiger partial charge in [0.1, 0.15) is 22.3 Å². The molecule has 48 heavy (non-hydrogen) atoms. The van der Waals surface area contributed by atoms with Crippen molar-refractivity contribution in [2.24, 2.45) is 0 Å². The molecule has 0 saturated carbocycles. The first-order valence-corrected chi connectivity index (χ1v) is 17.6. The molecule has 9 rings (SSSR count). The minimum Gasteiger partial charge on any atom is -0.456 e. The van der Waals surface area contributed by atoms with Gasteiger partial charge in [-0.25, -0.2) is 0 Å². The molecule has 0 aliphatic heterocycles. The van der Waals surface area contributed by atoms with Crippen molar-refractivity contribution in [3.63, 3.8) is 0 Å². The third-order valence-electron chi connectivity index (χ3n) is 8.30. The van der Waals surface area contributed by atoms with Crippen molar-refractivity contribution in [1.82, 2.24) is 0 Å². The van der Waals surface area contributed by atoms with Crippen LogP contribution in [0.25, 0.3) is 77.3 Å². The van der Waals surface area contributed by atoms with Crippen LogP contribution in [0.3, 0.4) is 0 Å². The molecule has 2 heterocycles. The van der Waals surface area contributed by atoms with Crippen LogP contribution >= 0.6 is 31.9 Å². The first-order chi connectivity index (χ1) is 23.6. The van der Waals surface area contributed by atoms with Crippen molar-refractivity contribution in [1.29, 1.82) is 0 Å². The Morgan fingerprint density at radius 3 is 1.56 bits per heavy atom. The van der Waals surface area contributed by atoms with Gasteiger partial charge in [0, 0.05) is 36.1 Å². The highest BCUT2D eigenvalue weighted by molar-refractivity contribution is 9.11. The lowest BCUT2D eigenvalue weighted by Crippen LogP contribution is -1.82. The van der Waals surface area contributed by atoms with Gasteiger partial charge < -0.3 is 8.83 Å². The number of benzene rings is 7. The third-order valence-corrected chi connectivity index (χ3v) is 9.63. The average Bonchev–Trinajstić information content (AvgIpc) is 3.73. The fourth-order valence-electron chi connectivity index (χ4n) is 6.12. The van der Waals surface area contributed by atoms with E-state index < -0.39 is 0 Å². The van der Waals surface area contributed by atoms with Crippen molar-refractivity contribution < 1.29 is 8.83 Å². The van der Waals surface area contributed by atoms with E-state index in [0.717, 1.165) is 63.9 Å². The Morgan fingerprint density at radius 2 is 0.896 bits per heavy atom. The first kappa shape index (κ1) is 31.7. The summed E-state index contributed by atoms with van der Waals surface area (Å²) < 4.78 is 14.3. The quantitative estimate of drug-likeness (QED) is 0.180. The number of furan rings is 2. The summed E-state index contributed by atoms with van der Waals surface area (Å²) in [5, 5.41) is 4.55. The van der Waals surface area contributed by atoms with Crippen LogP contribution in [0.15, 0.2) is 176 Å². The molecule has 4 heteroatoms. The Morgan fingerprint density at radius 1 is 0.375 bits per heavy atom. The van der Waals surface area contributed by atoms with E-state index in [2.05, 4.69) is 141 Å². The lowest BCUT2D eigenvalue weighted by atomic mass is 9.98. The van der Waals surface area contributed by atoms with E-state index >= 15 is 0 Å². The molecule has 0 radical (unpaired) electrons. The number of hydrogen-bond acceptors (Lipinski definition) is 2. The first-order valence-electron chi connectivity index (χ1n) is 16.1. The molecule has 7 aromatic carbocycles. The summed E-state index contributed by atoms with van der Waals surface area (Å²) >= 11 is 7.28. The Balaban J connectivity index is 0.000000149. The zero-order valence-electron chi connectivity index (χ0n) is 26.6. The van der Waals surface area contributed by atoms with Crippen molar-refractivity contribution in [2.75, 3.05) is 0 Å². The maximum Gasteiger partial charge on any atom is 0.143 e. The summed E-state index contributed by atoms with van der Waals surface area (Å²) in [4.78, 5) is 0. The van der Waals surface area contributed by atoms with Crippen LogP contribution < -0.4 is 0 Å². The molecule has 0 aliphatic rings. The molecule has 0 saturated heterocycles. The highest BCUT2D eigenvalue weighted by Gasteiger charge is 2.14. The average molecular weight is 753 g/mol. The van der Waals surface area contributed by atoms with Crippen LogP contribution in [0.5, 0.6) is 0 Å². The summed E-state index contributed by atoms with van der Waals surface area (Å²) in [6.07, 6.45) is 0. The smallest absolute Gasteiger partial charge is 0.143 e. The number of halogens is 2. The summed E-state index contributed by atoms with van der Waals surface area (Å²) in [7, 11) is 0. The summed E-state index contributed by atoms with van der Waals surface area (Å²) in [5.41, 5.74) is 10.8. The normalized spacial score (nSPS) is 10.9. The van der Waals surface area contributed by atoms with Gasteiger partial charge in [0.05, 0.1) is 0 Å². The molecule has 9 aromatic rings. The SMILES string of the molecule is Brc1cccc2oc3c(-c4cccc(-c5ccccc5)c4)cccc3c12.Brc1cccc2oc3ccc(-c4ccccc4)cc3c12.CC. The second kappa shape index (κ2) is 14.1. The standard InChI is InChI=1S/C24H15BrO.C18H11BrO.C2H6/c25-21-13-6-14-22-23(21)20-12-5-11-19(24(20)26-22)18-10-4-9-17(15-18)16-7-2-1-3-8-16;19-15-7-4-8-17-18(15)14-11-13(9-10-16(14)20-17)12-5-2-1-3-6-12;1-2/h1-15H;1-11H;1-2H3. The van der Waals surface area contributed by atoms with E-state index in [-0.39, 0.29) is 0 Å². The molecule has 0 bridgehead atoms. The van der Waals surface area contributed by atoms with E-state index in [1.165, 1.54) is 22.3 Å². The maximum absolute atomic E-state index is 6.23. The molecule has 2 nitrogen and oxygen atoms in total. The molecule has 2 aromatic heterocycles. The third kappa shape index (κ3) is 6.10. The lowest BCUT2D eigenvalue weighted by molar-refractivity contribution is 0.669. The zero-order valence-corrected chi connectivity index (χ0v) is 29.8. The van der Waals surface area contributed by atoms with Crippen LogP contribution in [-0.2, 0) is 0 Å². The van der Waals surface area contributed by atoms with E-state index in [0.29, 0.717) is 0 Å². The van der Waals surface area contributed by atoms with Gasteiger partial charge in [-0.15, -0.1) is 0 Å². The van der Waals surface area contributed by atoms with Crippen molar-refractivity contribution in [3.8, 4) is 33.4 Å². The number of hydrogen-bond donors (Lipinski definition) is 0. The Hall–Kier alpha value is -4.90. The van der Waals surface area contributed by atoms with Crippen molar-refractivity contribution in [3.05, 3.63) is 167 Å². The minimum atomic E-state index is 0.904. The minimum absolute atomic E-state index is 0.904. The van der Waals surface area contributed by atoms with Gasteiger partial charge in [-0.1, -0.05) is 161 Å². The van der Waals surface area contributed by atoms with Gasteiger partial charge in [-0.2, -0.15) is 0 Å². The van der Waals surface area contributed by atoms with Crippen LogP contribution in [0, 0.1) is 0 Å². The van der Waals surface area contributed by atoms with E-state index in [1.807, 2.05) is 62.4 Å². The molecular weight excluding hydrogens is 720 g/mol. The van der Waals surface area contributed by atoms with Crippen molar-refractivity contribution >= 4 is 75.7 Å². The van der Waals surface area contributed by atoms with Crippen LogP contribution in [0.1, 0.15) is 13.8 Å².